The minimum atomic E-state index is 0.0454. The fraction of sp³-hybridized carbons (Fsp3) is 0.440. The topological polar surface area (TPSA) is 77.7 Å². The van der Waals surface area contributed by atoms with Gasteiger partial charge in [0.2, 0.25) is 5.91 Å². The molecule has 0 radical (unpaired) electrons. The van der Waals surface area contributed by atoms with Crippen LogP contribution in [0.3, 0.4) is 0 Å². The quantitative estimate of drug-likeness (QED) is 0.436. The minimum absolute atomic E-state index is 0.0454. The van der Waals surface area contributed by atoms with Crippen molar-refractivity contribution in [3.63, 3.8) is 0 Å². The van der Waals surface area contributed by atoms with Gasteiger partial charge in [-0.3, -0.25) is 9.79 Å². The zero-order chi connectivity index (χ0) is 21.5. The first-order chi connectivity index (χ1) is 14.5. The second-order valence-electron chi connectivity index (χ2n) is 8.30. The summed E-state index contributed by atoms with van der Waals surface area (Å²) in [7, 11) is 0. The zero-order valence-electron chi connectivity index (χ0n) is 18.2. The van der Waals surface area contributed by atoms with Gasteiger partial charge >= 0.3 is 0 Å². The van der Waals surface area contributed by atoms with Gasteiger partial charge in [-0.05, 0) is 54.4 Å². The lowest BCUT2D eigenvalue weighted by molar-refractivity contribution is -0.124. The van der Waals surface area contributed by atoms with E-state index in [1.807, 2.05) is 6.92 Å². The molecule has 3 rings (SSSR count). The van der Waals surface area contributed by atoms with Crippen molar-refractivity contribution in [3.05, 3.63) is 59.7 Å². The van der Waals surface area contributed by atoms with Crippen molar-refractivity contribution in [3.8, 4) is 11.1 Å². The van der Waals surface area contributed by atoms with E-state index in [1.165, 1.54) is 11.1 Å². The molecule has 5 nitrogen and oxygen atoms in total. The van der Waals surface area contributed by atoms with Gasteiger partial charge in [-0.25, -0.2) is 5.53 Å². The summed E-state index contributed by atoms with van der Waals surface area (Å²) < 4.78 is 0. The predicted octanol–water partition coefficient (Wildman–Crippen LogP) is 5.60. The first-order valence-electron chi connectivity index (χ1n) is 10.9. The summed E-state index contributed by atoms with van der Waals surface area (Å²) in [5.41, 5.74) is 12.8. The van der Waals surface area contributed by atoms with E-state index in [0.717, 1.165) is 36.1 Å². The molecule has 0 saturated heterocycles. The molecule has 1 fully saturated rings. The van der Waals surface area contributed by atoms with E-state index < -0.39 is 0 Å². The molecule has 30 heavy (non-hydrogen) atoms. The summed E-state index contributed by atoms with van der Waals surface area (Å²) >= 11 is 0. The number of amides is 1. The van der Waals surface area contributed by atoms with E-state index in [0.29, 0.717) is 12.5 Å². The third-order valence-electron chi connectivity index (χ3n) is 5.82. The first kappa shape index (κ1) is 21.9. The van der Waals surface area contributed by atoms with Crippen LogP contribution in [-0.4, -0.2) is 30.8 Å². The van der Waals surface area contributed by atoms with Crippen molar-refractivity contribution in [2.75, 3.05) is 13.1 Å². The van der Waals surface area contributed by atoms with Crippen molar-refractivity contribution in [2.45, 2.75) is 52.0 Å². The second-order valence-corrected chi connectivity index (χ2v) is 8.30. The highest BCUT2D eigenvalue weighted by atomic mass is 16.1. The van der Waals surface area contributed by atoms with Gasteiger partial charge in [0.25, 0.3) is 0 Å². The lowest BCUT2D eigenvalue weighted by Crippen LogP contribution is -2.29. The van der Waals surface area contributed by atoms with Gasteiger partial charge < -0.3 is 5.32 Å². The third-order valence-corrected chi connectivity index (χ3v) is 5.82. The fourth-order valence-electron chi connectivity index (χ4n) is 4.05. The van der Waals surface area contributed by atoms with Crippen LogP contribution in [0, 0.1) is 11.4 Å². The fourth-order valence-corrected chi connectivity index (χ4v) is 4.05. The molecule has 2 aromatic carbocycles. The molecule has 5 heteroatoms. The normalized spacial score (nSPS) is 19.1. The van der Waals surface area contributed by atoms with Crippen LogP contribution in [0.25, 0.3) is 11.1 Å². The summed E-state index contributed by atoms with van der Waals surface area (Å²) in [5, 5.41) is 6.50. The number of nitrogens with one attached hydrogen (secondary N) is 2. The first-order valence-corrected chi connectivity index (χ1v) is 10.9. The minimum Gasteiger partial charge on any atom is -0.356 e. The standard InChI is InChI=1S/C25H32N4O/c1-4-27-25(30)22-13-14-23(15-22)29-24(16-28-26)21-11-9-20(10-12-21)19-7-5-18(6-8-19)17(2)3/h5-12,17,22-23,26H,4,13-16H2,1-3H3,(H,27,30). The van der Waals surface area contributed by atoms with Gasteiger partial charge in [0, 0.05) is 12.5 Å². The number of benzene rings is 2. The summed E-state index contributed by atoms with van der Waals surface area (Å²) in [6.45, 7) is 7.28. The van der Waals surface area contributed by atoms with Gasteiger partial charge in [-0.1, -0.05) is 62.4 Å². The Morgan fingerprint density at radius 1 is 1.07 bits per heavy atom. The molecule has 0 spiro atoms. The van der Waals surface area contributed by atoms with Crippen molar-refractivity contribution >= 4 is 11.6 Å². The van der Waals surface area contributed by atoms with Crippen LogP contribution >= 0.6 is 0 Å². The highest BCUT2D eigenvalue weighted by Crippen LogP contribution is 2.29. The highest BCUT2D eigenvalue weighted by molar-refractivity contribution is 6.02. The van der Waals surface area contributed by atoms with Gasteiger partial charge in [-0.15, -0.1) is 0 Å². The van der Waals surface area contributed by atoms with E-state index in [9.17, 15) is 4.79 Å². The Bertz CT molecular complexity index is 884. The number of aliphatic imine (C=N–C) groups is 1. The molecular formula is C25H32N4O. The number of rotatable bonds is 8. The average Bonchev–Trinajstić information content (AvgIpc) is 3.23. The molecule has 2 unspecified atom stereocenters. The number of hydrogen-bond acceptors (Lipinski definition) is 4. The second kappa shape index (κ2) is 10.3. The van der Waals surface area contributed by atoms with Crippen LogP contribution in [-0.2, 0) is 4.79 Å². The van der Waals surface area contributed by atoms with Crippen molar-refractivity contribution in [2.24, 2.45) is 16.0 Å². The smallest absolute Gasteiger partial charge is 0.223 e. The maximum atomic E-state index is 12.1. The number of carbonyl (C=O) groups excluding carboxylic acids is 1. The summed E-state index contributed by atoms with van der Waals surface area (Å²) in [5.74, 6) is 0.705. The Balaban J connectivity index is 1.74. The van der Waals surface area contributed by atoms with Crippen LogP contribution in [0.5, 0.6) is 0 Å². The van der Waals surface area contributed by atoms with E-state index in [4.69, 9.17) is 10.5 Å². The Kier molecular flexibility index (Phi) is 7.50. The monoisotopic (exact) mass is 404 g/mol. The summed E-state index contributed by atoms with van der Waals surface area (Å²) in [6, 6.07) is 17.2. The lowest BCUT2D eigenvalue weighted by atomic mass is 9.97. The van der Waals surface area contributed by atoms with Gasteiger partial charge in [0.15, 0.2) is 0 Å². The summed E-state index contributed by atoms with van der Waals surface area (Å²) in [6.07, 6.45) is 2.55. The molecule has 1 aliphatic carbocycles. The molecule has 2 aromatic rings. The van der Waals surface area contributed by atoms with Crippen LogP contribution in [0.4, 0.5) is 0 Å². The Hall–Kier alpha value is -2.82. The van der Waals surface area contributed by atoms with Crippen LogP contribution in [0.1, 0.15) is 57.1 Å². The summed E-state index contributed by atoms with van der Waals surface area (Å²) in [4.78, 5) is 17.0. The molecule has 1 aliphatic rings. The third kappa shape index (κ3) is 5.41. The maximum Gasteiger partial charge on any atom is 0.223 e. The van der Waals surface area contributed by atoms with E-state index >= 15 is 0 Å². The average molecular weight is 405 g/mol. The molecule has 158 valence electrons. The molecule has 1 amide bonds. The number of nitrogens with zero attached hydrogens (tertiary/aromatic N) is 2. The molecule has 0 aromatic heterocycles. The Morgan fingerprint density at radius 3 is 2.27 bits per heavy atom. The predicted molar refractivity (Wildman–Crippen MR) is 122 cm³/mol. The highest BCUT2D eigenvalue weighted by Gasteiger charge is 2.29. The molecular weight excluding hydrogens is 372 g/mol. The Labute approximate surface area is 179 Å². The molecule has 2 atom stereocenters. The van der Waals surface area contributed by atoms with Gasteiger partial charge in [0.05, 0.1) is 11.8 Å². The SMILES string of the molecule is CCNC(=O)C1CCC(N=C(CN=N)c2ccc(-c3ccc(C(C)C)cc3)cc2)C1. The van der Waals surface area contributed by atoms with E-state index in [-0.39, 0.29) is 24.4 Å². The van der Waals surface area contributed by atoms with Crippen LogP contribution in [0.2, 0.25) is 0 Å². The number of hydrogen-bond donors (Lipinski definition) is 2. The molecule has 2 N–H and O–H groups in total. The van der Waals surface area contributed by atoms with Crippen molar-refractivity contribution in [1.29, 1.82) is 5.53 Å². The molecule has 0 aliphatic heterocycles. The maximum absolute atomic E-state index is 12.1. The van der Waals surface area contributed by atoms with Gasteiger partial charge in [-0.2, -0.15) is 5.11 Å². The van der Waals surface area contributed by atoms with Crippen molar-refractivity contribution in [1.82, 2.24) is 5.32 Å². The van der Waals surface area contributed by atoms with Crippen LogP contribution < -0.4 is 5.32 Å². The van der Waals surface area contributed by atoms with E-state index in [2.05, 4.69) is 72.8 Å². The molecule has 0 bridgehead atoms. The number of carbonyl (C=O) groups is 1. The lowest BCUT2D eigenvalue weighted by Gasteiger charge is -2.11. The largest absolute Gasteiger partial charge is 0.356 e. The van der Waals surface area contributed by atoms with Crippen molar-refractivity contribution < 1.29 is 4.79 Å². The zero-order valence-corrected chi connectivity index (χ0v) is 18.2. The van der Waals surface area contributed by atoms with E-state index in [1.54, 1.807) is 0 Å². The molecule has 0 heterocycles. The van der Waals surface area contributed by atoms with Gasteiger partial charge in [0.1, 0.15) is 6.54 Å². The van der Waals surface area contributed by atoms with Crippen LogP contribution in [0.15, 0.2) is 58.6 Å². The molecule has 1 saturated carbocycles. The Morgan fingerprint density at radius 2 is 1.70 bits per heavy atom.